The Hall–Kier alpha value is -1.20. The van der Waals surface area contributed by atoms with Gasteiger partial charge in [0.25, 0.3) is 5.91 Å². The van der Waals surface area contributed by atoms with Crippen LogP contribution < -0.4 is 5.32 Å². The normalized spacial score (nSPS) is 24.4. The van der Waals surface area contributed by atoms with Crippen LogP contribution in [-0.2, 0) is 0 Å². The Labute approximate surface area is 104 Å². The summed E-state index contributed by atoms with van der Waals surface area (Å²) in [7, 11) is 0. The average Bonchev–Trinajstić information content (AvgIpc) is 2.32. The number of carbonyl (C=O) groups is 1. The molecule has 1 aliphatic carbocycles. The molecular weight excluding hydrogens is 242 g/mol. The second-order valence-electron chi connectivity index (χ2n) is 4.21. The zero-order valence-corrected chi connectivity index (χ0v) is 10.0. The minimum Gasteiger partial charge on any atom is -0.393 e. The highest BCUT2D eigenvalue weighted by Crippen LogP contribution is 2.18. The summed E-state index contributed by atoms with van der Waals surface area (Å²) in [5, 5.41) is 12.4. The van der Waals surface area contributed by atoms with Crippen molar-refractivity contribution in [2.75, 3.05) is 0 Å². The van der Waals surface area contributed by atoms with Gasteiger partial charge in [-0.05, 0) is 25.7 Å². The van der Waals surface area contributed by atoms with Crippen molar-refractivity contribution in [1.29, 1.82) is 0 Å². The standard InChI is InChI=1S/C11H14ClN3O2/c12-10-6-13-5-9(15-10)11(17)14-7-1-3-8(16)4-2-7/h5-8,16H,1-4H2,(H,14,17). The molecule has 0 unspecified atom stereocenters. The van der Waals surface area contributed by atoms with E-state index >= 15 is 0 Å². The highest BCUT2D eigenvalue weighted by molar-refractivity contribution is 6.29. The number of amides is 1. The molecule has 0 radical (unpaired) electrons. The summed E-state index contributed by atoms with van der Waals surface area (Å²) in [5.41, 5.74) is 0.226. The average molecular weight is 256 g/mol. The number of halogens is 1. The van der Waals surface area contributed by atoms with Crippen LogP contribution in [0.5, 0.6) is 0 Å². The number of aromatic nitrogens is 2. The second kappa shape index (κ2) is 5.42. The minimum atomic E-state index is -0.263. The van der Waals surface area contributed by atoms with Gasteiger partial charge in [0.2, 0.25) is 0 Å². The van der Waals surface area contributed by atoms with Crippen molar-refractivity contribution >= 4 is 17.5 Å². The van der Waals surface area contributed by atoms with E-state index in [2.05, 4.69) is 15.3 Å². The lowest BCUT2D eigenvalue weighted by Gasteiger charge is -2.25. The van der Waals surface area contributed by atoms with Gasteiger partial charge in [0, 0.05) is 6.04 Å². The molecule has 1 aliphatic rings. The van der Waals surface area contributed by atoms with E-state index in [9.17, 15) is 9.90 Å². The number of aliphatic hydroxyl groups excluding tert-OH is 1. The summed E-state index contributed by atoms with van der Waals surface area (Å²) < 4.78 is 0. The summed E-state index contributed by atoms with van der Waals surface area (Å²) >= 11 is 5.66. The molecule has 0 aliphatic heterocycles. The van der Waals surface area contributed by atoms with E-state index in [1.807, 2.05) is 0 Å². The van der Waals surface area contributed by atoms with Crippen molar-refractivity contribution in [2.24, 2.45) is 0 Å². The van der Waals surface area contributed by atoms with Gasteiger partial charge in [-0.25, -0.2) is 4.98 Å². The van der Waals surface area contributed by atoms with Crippen LogP contribution in [0.4, 0.5) is 0 Å². The fraction of sp³-hybridized carbons (Fsp3) is 0.545. The van der Waals surface area contributed by atoms with E-state index in [0.717, 1.165) is 25.7 Å². The SMILES string of the molecule is O=C(NC1CCC(O)CC1)c1cncc(Cl)n1. The van der Waals surface area contributed by atoms with Gasteiger partial charge in [-0.15, -0.1) is 0 Å². The van der Waals surface area contributed by atoms with Crippen LogP contribution in [0.1, 0.15) is 36.2 Å². The molecule has 2 rings (SSSR count). The van der Waals surface area contributed by atoms with Crippen LogP contribution >= 0.6 is 11.6 Å². The zero-order chi connectivity index (χ0) is 12.3. The van der Waals surface area contributed by atoms with Gasteiger partial charge in [-0.1, -0.05) is 11.6 Å². The molecular formula is C11H14ClN3O2. The summed E-state index contributed by atoms with van der Waals surface area (Å²) in [4.78, 5) is 19.5. The van der Waals surface area contributed by atoms with E-state index in [4.69, 9.17) is 11.6 Å². The lowest BCUT2D eigenvalue weighted by molar-refractivity contribution is 0.0863. The number of nitrogens with zero attached hydrogens (tertiary/aromatic N) is 2. The topological polar surface area (TPSA) is 75.1 Å². The lowest BCUT2D eigenvalue weighted by Crippen LogP contribution is -2.38. The van der Waals surface area contributed by atoms with Crippen LogP contribution in [0.15, 0.2) is 12.4 Å². The molecule has 6 heteroatoms. The maximum Gasteiger partial charge on any atom is 0.271 e. The fourth-order valence-electron chi connectivity index (χ4n) is 1.93. The Morgan fingerprint density at radius 3 is 2.71 bits per heavy atom. The molecule has 0 saturated heterocycles. The van der Waals surface area contributed by atoms with Crippen molar-refractivity contribution < 1.29 is 9.90 Å². The fourth-order valence-corrected chi connectivity index (χ4v) is 2.08. The van der Waals surface area contributed by atoms with Crippen molar-refractivity contribution in [3.8, 4) is 0 Å². The smallest absolute Gasteiger partial charge is 0.271 e. The van der Waals surface area contributed by atoms with Gasteiger partial charge in [-0.2, -0.15) is 0 Å². The first-order chi connectivity index (χ1) is 8.15. The van der Waals surface area contributed by atoms with Gasteiger partial charge < -0.3 is 10.4 Å². The number of rotatable bonds is 2. The molecule has 0 aromatic carbocycles. The Bertz CT molecular complexity index is 405. The van der Waals surface area contributed by atoms with Crippen molar-refractivity contribution in [3.05, 3.63) is 23.2 Å². The first kappa shape index (κ1) is 12.3. The number of hydrogen-bond donors (Lipinski definition) is 2. The van der Waals surface area contributed by atoms with Gasteiger partial charge in [0.15, 0.2) is 0 Å². The predicted molar refractivity (Wildman–Crippen MR) is 62.8 cm³/mol. The molecule has 0 atom stereocenters. The molecule has 5 nitrogen and oxygen atoms in total. The molecule has 0 spiro atoms. The van der Waals surface area contributed by atoms with Gasteiger partial charge >= 0.3 is 0 Å². The highest BCUT2D eigenvalue weighted by atomic mass is 35.5. The van der Waals surface area contributed by atoms with E-state index in [1.165, 1.54) is 12.4 Å². The van der Waals surface area contributed by atoms with E-state index in [0.29, 0.717) is 0 Å². The lowest BCUT2D eigenvalue weighted by atomic mass is 9.93. The third-order valence-electron chi connectivity index (χ3n) is 2.87. The zero-order valence-electron chi connectivity index (χ0n) is 9.27. The number of carbonyl (C=O) groups excluding carboxylic acids is 1. The van der Waals surface area contributed by atoms with Crippen molar-refractivity contribution in [3.63, 3.8) is 0 Å². The van der Waals surface area contributed by atoms with Gasteiger partial charge in [0.1, 0.15) is 10.8 Å². The third kappa shape index (κ3) is 3.38. The molecule has 17 heavy (non-hydrogen) atoms. The van der Waals surface area contributed by atoms with Crippen molar-refractivity contribution in [2.45, 2.75) is 37.8 Å². The predicted octanol–water partition coefficient (Wildman–Crippen LogP) is 1.16. The number of hydrogen-bond acceptors (Lipinski definition) is 4. The largest absolute Gasteiger partial charge is 0.393 e. The molecule has 1 saturated carbocycles. The summed E-state index contributed by atoms with van der Waals surface area (Å²) in [6, 6.07) is 0.103. The monoisotopic (exact) mass is 255 g/mol. The first-order valence-electron chi connectivity index (χ1n) is 5.61. The number of aliphatic hydroxyl groups is 1. The van der Waals surface area contributed by atoms with E-state index in [-0.39, 0.29) is 28.9 Å². The Morgan fingerprint density at radius 1 is 1.35 bits per heavy atom. The van der Waals surface area contributed by atoms with Crippen LogP contribution in [0.25, 0.3) is 0 Å². The van der Waals surface area contributed by atoms with E-state index < -0.39 is 0 Å². The van der Waals surface area contributed by atoms with Crippen LogP contribution in [0, 0.1) is 0 Å². The molecule has 92 valence electrons. The molecule has 0 bridgehead atoms. The van der Waals surface area contributed by atoms with Crippen molar-refractivity contribution in [1.82, 2.24) is 15.3 Å². The summed E-state index contributed by atoms with van der Waals surface area (Å²) in [5.74, 6) is -0.263. The first-order valence-corrected chi connectivity index (χ1v) is 5.99. The molecule has 1 fully saturated rings. The molecule has 1 aromatic rings. The molecule has 1 amide bonds. The molecule has 2 N–H and O–H groups in total. The Balaban J connectivity index is 1.93. The minimum absolute atomic E-state index is 0.103. The summed E-state index contributed by atoms with van der Waals surface area (Å²) in [6.45, 7) is 0. The maximum atomic E-state index is 11.8. The highest BCUT2D eigenvalue weighted by Gasteiger charge is 2.21. The molecule has 1 aromatic heterocycles. The Kier molecular flexibility index (Phi) is 3.91. The number of nitrogens with one attached hydrogen (secondary N) is 1. The third-order valence-corrected chi connectivity index (χ3v) is 3.05. The van der Waals surface area contributed by atoms with Crippen LogP contribution in [-0.4, -0.2) is 33.1 Å². The maximum absolute atomic E-state index is 11.8. The quantitative estimate of drug-likeness (QED) is 0.832. The summed E-state index contributed by atoms with van der Waals surface area (Å²) in [6.07, 6.45) is 5.59. The molecule has 1 heterocycles. The Morgan fingerprint density at radius 2 is 2.06 bits per heavy atom. The van der Waals surface area contributed by atoms with Gasteiger partial charge in [-0.3, -0.25) is 9.78 Å². The van der Waals surface area contributed by atoms with E-state index in [1.54, 1.807) is 0 Å². The van der Waals surface area contributed by atoms with Gasteiger partial charge in [0.05, 0.1) is 18.5 Å². The second-order valence-corrected chi connectivity index (χ2v) is 4.59. The van der Waals surface area contributed by atoms with Crippen LogP contribution in [0.2, 0.25) is 5.15 Å². The van der Waals surface area contributed by atoms with Crippen LogP contribution in [0.3, 0.4) is 0 Å².